The molecule has 1 N–H and O–H groups in total. The molecule has 2 rings (SSSR count). The highest BCUT2D eigenvalue weighted by atomic mass is 35.5. The summed E-state index contributed by atoms with van der Waals surface area (Å²) in [6.07, 6.45) is 2.02. The number of benzene rings is 1. The van der Waals surface area contributed by atoms with Gasteiger partial charge in [-0.3, -0.25) is 9.69 Å². The minimum atomic E-state index is -0.709. The number of likely N-dealkylation sites (tertiary alicyclic amines) is 1. The van der Waals surface area contributed by atoms with Gasteiger partial charge in [0.1, 0.15) is 0 Å². The molecule has 0 saturated carbocycles. The molecule has 0 spiro atoms. The van der Waals surface area contributed by atoms with Gasteiger partial charge in [-0.15, -0.1) is 0 Å². The second-order valence-corrected chi connectivity index (χ2v) is 6.97. The standard InChI is InChI=1S/C17H24ClNO2/c1-12(14-8-4-5-9-15(14)18)19-10-6-7-13(11-19)17(2,3)16(20)21/h4-5,8-9,12-13H,6-7,10-11H2,1-3H3,(H,20,21). The molecule has 1 aromatic carbocycles. The van der Waals surface area contributed by atoms with E-state index in [1.807, 2.05) is 32.0 Å². The number of halogens is 1. The third-order valence-corrected chi connectivity index (χ3v) is 5.27. The third-order valence-electron chi connectivity index (χ3n) is 4.93. The maximum Gasteiger partial charge on any atom is 0.309 e. The van der Waals surface area contributed by atoms with Crippen LogP contribution in [0.25, 0.3) is 0 Å². The molecule has 1 saturated heterocycles. The molecule has 1 fully saturated rings. The summed E-state index contributed by atoms with van der Waals surface area (Å²) in [5.74, 6) is -0.534. The summed E-state index contributed by atoms with van der Waals surface area (Å²) in [7, 11) is 0. The molecule has 2 unspecified atom stereocenters. The first kappa shape index (κ1) is 16.3. The van der Waals surface area contributed by atoms with E-state index in [4.69, 9.17) is 11.6 Å². The summed E-state index contributed by atoms with van der Waals surface area (Å²) >= 11 is 6.29. The van der Waals surface area contributed by atoms with Gasteiger partial charge in [0, 0.05) is 17.6 Å². The Morgan fingerprint density at radius 2 is 2.10 bits per heavy atom. The van der Waals surface area contributed by atoms with Crippen molar-refractivity contribution < 1.29 is 9.90 Å². The van der Waals surface area contributed by atoms with E-state index in [1.165, 1.54) is 0 Å². The molecule has 4 heteroatoms. The Hall–Kier alpha value is -1.06. The lowest BCUT2D eigenvalue weighted by Crippen LogP contribution is -2.45. The predicted molar refractivity (Wildman–Crippen MR) is 85.6 cm³/mol. The molecule has 0 aromatic heterocycles. The van der Waals surface area contributed by atoms with Gasteiger partial charge in [-0.05, 0) is 57.7 Å². The monoisotopic (exact) mass is 309 g/mol. The molecular weight excluding hydrogens is 286 g/mol. The van der Waals surface area contributed by atoms with E-state index in [0.29, 0.717) is 0 Å². The van der Waals surface area contributed by atoms with Gasteiger partial charge in [-0.25, -0.2) is 0 Å². The number of aliphatic carboxylic acids is 1. The topological polar surface area (TPSA) is 40.5 Å². The van der Waals surface area contributed by atoms with Crippen molar-refractivity contribution in [2.75, 3.05) is 13.1 Å². The lowest BCUT2D eigenvalue weighted by Gasteiger charge is -2.42. The molecule has 1 aromatic rings. The van der Waals surface area contributed by atoms with Crippen LogP contribution in [-0.4, -0.2) is 29.1 Å². The van der Waals surface area contributed by atoms with Crippen molar-refractivity contribution in [3.05, 3.63) is 34.9 Å². The summed E-state index contributed by atoms with van der Waals surface area (Å²) in [6, 6.07) is 8.12. The van der Waals surface area contributed by atoms with Gasteiger partial charge in [0.25, 0.3) is 0 Å². The van der Waals surface area contributed by atoms with Crippen LogP contribution in [0.15, 0.2) is 24.3 Å². The highest BCUT2D eigenvalue weighted by Gasteiger charge is 2.40. The maximum atomic E-state index is 11.5. The number of rotatable bonds is 4. The number of nitrogens with zero attached hydrogens (tertiary/aromatic N) is 1. The lowest BCUT2D eigenvalue weighted by atomic mass is 9.74. The van der Waals surface area contributed by atoms with Crippen LogP contribution in [0.3, 0.4) is 0 Å². The fraction of sp³-hybridized carbons (Fsp3) is 0.588. The Bertz CT molecular complexity index is 515. The first-order valence-electron chi connectivity index (χ1n) is 7.56. The van der Waals surface area contributed by atoms with E-state index in [-0.39, 0.29) is 12.0 Å². The van der Waals surface area contributed by atoms with E-state index < -0.39 is 11.4 Å². The largest absolute Gasteiger partial charge is 0.481 e. The van der Waals surface area contributed by atoms with Crippen LogP contribution in [0.5, 0.6) is 0 Å². The van der Waals surface area contributed by atoms with Crippen molar-refractivity contribution >= 4 is 17.6 Å². The molecule has 1 aliphatic rings. The van der Waals surface area contributed by atoms with E-state index in [9.17, 15) is 9.90 Å². The fourth-order valence-corrected chi connectivity index (χ4v) is 3.43. The maximum absolute atomic E-state index is 11.5. The Morgan fingerprint density at radius 1 is 1.43 bits per heavy atom. The minimum absolute atomic E-state index is 0.175. The predicted octanol–water partition coefficient (Wildman–Crippen LogP) is 4.22. The molecule has 0 amide bonds. The van der Waals surface area contributed by atoms with Crippen molar-refractivity contribution in [2.45, 2.75) is 39.7 Å². The van der Waals surface area contributed by atoms with Crippen molar-refractivity contribution in [2.24, 2.45) is 11.3 Å². The average molecular weight is 310 g/mol. The first-order chi connectivity index (χ1) is 9.84. The first-order valence-corrected chi connectivity index (χ1v) is 7.93. The quantitative estimate of drug-likeness (QED) is 0.905. The lowest BCUT2D eigenvalue weighted by molar-refractivity contribution is -0.151. The number of hydrogen-bond acceptors (Lipinski definition) is 2. The molecule has 116 valence electrons. The van der Waals surface area contributed by atoms with Crippen molar-refractivity contribution in [1.29, 1.82) is 0 Å². The Labute approximate surface area is 131 Å². The molecule has 21 heavy (non-hydrogen) atoms. The summed E-state index contributed by atoms with van der Waals surface area (Å²) in [5.41, 5.74) is 0.437. The second kappa shape index (κ2) is 6.37. The van der Waals surface area contributed by atoms with Crippen molar-refractivity contribution in [3.63, 3.8) is 0 Å². The Morgan fingerprint density at radius 3 is 2.71 bits per heavy atom. The van der Waals surface area contributed by atoms with Crippen LogP contribution in [0.1, 0.15) is 45.2 Å². The average Bonchev–Trinajstić information content (AvgIpc) is 2.47. The number of hydrogen-bond donors (Lipinski definition) is 1. The Balaban J connectivity index is 2.15. The molecule has 0 radical (unpaired) electrons. The molecular formula is C17H24ClNO2. The van der Waals surface area contributed by atoms with Crippen LogP contribution < -0.4 is 0 Å². The van der Waals surface area contributed by atoms with E-state index in [0.717, 1.165) is 36.5 Å². The highest BCUT2D eigenvalue weighted by molar-refractivity contribution is 6.31. The highest BCUT2D eigenvalue weighted by Crippen LogP contribution is 2.37. The summed E-state index contributed by atoms with van der Waals surface area (Å²) in [6.45, 7) is 7.63. The summed E-state index contributed by atoms with van der Waals surface area (Å²) in [5, 5.41) is 10.2. The molecule has 0 aliphatic carbocycles. The van der Waals surface area contributed by atoms with E-state index >= 15 is 0 Å². The molecule has 0 bridgehead atoms. The van der Waals surface area contributed by atoms with Gasteiger partial charge in [0.15, 0.2) is 0 Å². The van der Waals surface area contributed by atoms with Gasteiger partial charge in [0.05, 0.1) is 5.41 Å². The fourth-order valence-electron chi connectivity index (χ4n) is 3.13. The minimum Gasteiger partial charge on any atom is -0.481 e. The normalized spacial score (nSPS) is 22.0. The molecule has 1 aliphatic heterocycles. The SMILES string of the molecule is CC(c1ccccc1Cl)N1CCCC(C(C)(C)C(=O)O)C1. The molecule has 3 nitrogen and oxygen atoms in total. The number of piperidine rings is 1. The zero-order valence-electron chi connectivity index (χ0n) is 13.0. The van der Waals surface area contributed by atoms with Gasteiger partial charge < -0.3 is 5.11 Å². The smallest absolute Gasteiger partial charge is 0.309 e. The van der Waals surface area contributed by atoms with Crippen molar-refractivity contribution in [3.8, 4) is 0 Å². The van der Waals surface area contributed by atoms with Gasteiger partial charge in [0.2, 0.25) is 0 Å². The van der Waals surface area contributed by atoms with Crippen LogP contribution in [0.4, 0.5) is 0 Å². The number of carboxylic acids is 1. The zero-order chi connectivity index (χ0) is 15.6. The van der Waals surface area contributed by atoms with Crippen LogP contribution in [0.2, 0.25) is 5.02 Å². The Kier molecular flexibility index (Phi) is 4.95. The number of carbonyl (C=O) groups is 1. The van der Waals surface area contributed by atoms with Gasteiger partial charge in [-0.1, -0.05) is 29.8 Å². The van der Waals surface area contributed by atoms with E-state index in [1.54, 1.807) is 0 Å². The molecule has 1 heterocycles. The van der Waals surface area contributed by atoms with Crippen LogP contribution in [0, 0.1) is 11.3 Å². The van der Waals surface area contributed by atoms with Crippen molar-refractivity contribution in [1.82, 2.24) is 4.90 Å². The number of carboxylic acid groups (broad SMARTS) is 1. The third kappa shape index (κ3) is 3.41. The molecule has 2 atom stereocenters. The van der Waals surface area contributed by atoms with Crippen LogP contribution >= 0.6 is 11.6 Å². The van der Waals surface area contributed by atoms with Gasteiger partial charge in [-0.2, -0.15) is 0 Å². The summed E-state index contributed by atoms with van der Waals surface area (Å²) < 4.78 is 0. The summed E-state index contributed by atoms with van der Waals surface area (Å²) in [4.78, 5) is 13.8. The van der Waals surface area contributed by atoms with Crippen LogP contribution in [-0.2, 0) is 4.79 Å². The van der Waals surface area contributed by atoms with E-state index in [2.05, 4.69) is 17.9 Å². The second-order valence-electron chi connectivity index (χ2n) is 6.56. The van der Waals surface area contributed by atoms with Gasteiger partial charge >= 0.3 is 5.97 Å². The zero-order valence-corrected chi connectivity index (χ0v) is 13.7.